The normalized spacial score (nSPS) is 12.2. The van der Waals surface area contributed by atoms with Gasteiger partial charge in [0.05, 0.1) is 58.6 Å². The Bertz CT molecular complexity index is 3400. The highest BCUT2D eigenvalue weighted by molar-refractivity contribution is 7.21. The van der Waals surface area contributed by atoms with Crippen molar-refractivity contribution in [2.75, 3.05) is 26.4 Å². The Balaban J connectivity index is 0.647. The molecule has 0 aliphatic carbocycles. The molecule has 0 aliphatic rings. The Labute approximate surface area is 464 Å². The van der Waals surface area contributed by atoms with E-state index in [2.05, 4.69) is 49.4 Å². The lowest BCUT2D eigenvalue weighted by Crippen LogP contribution is -2.38. The first-order valence-electron chi connectivity index (χ1n) is 27.0. The second-order valence-corrected chi connectivity index (χ2v) is 21.7. The van der Waals surface area contributed by atoms with Crippen molar-refractivity contribution in [3.63, 3.8) is 0 Å². The Hall–Kier alpha value is -8.10. The lowest BCUT2D eigenvalue weighted by molar-refractivity contribution is -0.163. The molecule has 0 saturated carbocycles. The van der Waals surface area contributed by atoms with Crippen LogP contribution in [0.4, 0.5) is 0 Å². The van der Waals surface area contributed by atoms with E-state index in [1.54, 1.807) is 90.2 Å². The molecule has 6 aromatic carbocycles. The maximum absolute atomic E-state index is 13.3. The number of hydrogen-bond donors (Lipinski definition) is 0. The van der Waals surface area contributed by atoms with E-state index in [9.17, 15) is 24.0 Å². The van der Waals surface area contributed by atoms with Gasteiger partial charge in [0.1, 0.15) is 33.6 Å². The number of benzene rings is 6. The van der Waals surface area contributed by atoms with E-state index < -0.39 is 28.4 Å². The van der Waals surface area contributed by atoms with Crippen LogP contribution in [-0.4, -0.2) is 55.3 Å². The molecule has 8 aromatic rings. The molecule has 0 saturated heterocycles. The highest BCUT2D eigenvalue weighted by Crippen LogP contribution is 2.39. The maximum atomic E-state index is 13.3. The zero-order valence-corrected chi connectivity index (χ0v) is 46.3. The minimum absolute atomic E-state index is 0.266. The SMILES string of the molecule is CCC(C)(CC(C)(C)C(=O)OCCCCCCOc1ccc(C(=O)Oc2ccc(-c3nc4ccc(-c5ccc(C)cc5)cc4s3)cc2)cc1)C(=O)OCCCCCCOc1ccc(C(=O)Oc2ccc3ccc(=O)oc3c2)cc1. The standard InChI is InChI=1S/C65H67NO12S/c1-6-65(5,63(71)75-40-14-10-8-12-38-73-52-30-24-49(25-31-52)61(69)77-54-34-19-46-27-36-58(67)78-56(46)42-54)43-64(3,4)62(70)74-39-13-9-7-11-37-72-51-28-22-48(23-29-51)60(68)76-53-32-20-47(21-33-53)59-66-55-35-26-50(41-57(55)79-59)45-17-15-44(2)16-18-45/h15-36,41-42H,6-14,37-40,43H2,1-5H3. The van der Waals surface area contributed by atoms with Crippen LogP contribution in [-0.2, 0) is 19.1 Å². The zero-order chi connectivity index (χ0) is 55.8. The molecule has 79 heavy (non-hydrogen) atoms. The fourth-order valence-electron chi connectivity index (χ4n) is 9.03. The average Bonchev–Trinajstić information content (AvgIpc) is 3.90. The summed E-state index contributed by atoms with van der Waals surface area (Å²) in [6, 6.07) is 43.6. The summed E-state index contributed by atoms with van der Waals surface area (Å²) in [6.45, 7) is 11.1. The third kappa shape index (κ3) is 16.0. The van der Waals surface area contributed by atoms with Gasteiger partial charge >= 0.3 is 29.5 Å². The van der Waals surface area contributed by atoms with Crippen LogP contribution in [0.15, 0.2) is 155 Å². The van der Waals surface area contributed by atoms with Gasteiger partial charge in [-0.25, -0.2) is 19.4 Å². The number of unbranched alkanes of at least 4 members (excludes halogenated alkanes) is 6. The van der Waals surface area contributed by atoms with Gasteiger partial charge < -0.3 is 32.8 Å². The molecule has 0 spiro atoms. The molecule has 13 nitrogen and oxygen atoms in total. The summed E-state index contributed by atoms with van der Waals surface area (Å²) in [5, 5.41) is 1.62. The number of rotatable bonds is 27. The van der Waals surface area contributed by atoms with Crippen LogP contribution < -0.4 is 24.6 Å². The van der Waals surface area contributed by atoms with Gasteiger partial charge in [-0.2, -0.15) is 0 Å². The minimum atomic E-state index is -0.884. The number of ether oxygens (including phenoxy) is 6. The highest BCUT2D eigenvalue weighted by atomic mass is 32.1. The molecule has 1 atom stereocenters. The second-order valence-electron chi connectivity index (χ2n) is 20.6. The van der Waals surface area contributed by atoms with Crippen molar-refractivity contribution in [3.8, 4) is 44.7 Å². The van der Waals surface area contributed by atoms with Crippen molar-refractivity contribution < 1.29 is 52.0 Å². The summed E-state index contributed by atoms with van der Waals surface area (Å²) in [7, 11) is 0. The van der Waals surface area contributed by atoms with Crippen LogP contribution in [0.3, 0.4) is 0 Å². The average molecular weight is 1090 g/mol. The smallest absolute Gasteiger partial charge is 0.343 e. The molecule has 2 heterocycles. The molecule has 1 unspecified atom stereocenters. The molecule has 0 bridgehead atoms. The van der Waals surface area contributed by atoms with Crippen molar-refractivity contribution in [1.82, 2.24) is 4.98 Å². The van der Waals surface area contributed by atoms with Crippen molar-refractivity contribution in [2.24, 2.45) is 10.8 Å². The van der Waals surface area contributed by atoms with Gasteiger partial charge in [-0.05, 0) is 206 Å². The van der Waals surface area contributed by atoms with Crippen molar-refractivity contribution in [1.29, 1.82) is 0 Å². The Kier molecular flexibility index (Phi) is 19.5. The Morgan fingerprint density at radius 2 is 1.04 bits per heavy atom. The summed E-state index contributed by atoms with van der Waals surface area (Å²) in [4.78, 5) is 68.6. The third-order valence-corrected chi connectivity index (χ3v) is 14.9. The van der Waals surface area contributed by atoms with Crippen LogP contribution in [0.25, 0.3) is 42.9 Å². The molecule has 0 aliphatic heterocycles. The molecule has 8 rings (SSSR count). The van der Waals surface area contributed by atoms with Gasteiger partial charge in [0.15, 0.2) is 0 Å². The van der Waals surface area contributed by atoms with E-state index in [0.717, 1.165) is 70.3 Å². The summed E-state index contributed by atoms with van der Waals surface area (Å²) < 4.78 is 40.6. The fourth-order valence-corrected chi connectivity index (χ4v) is 10.0. The molecule has 0 amide bonds. The van der Waals surface area contributed by atoms with Gasteiger partial charge in [-0.3, -0.25) is 9.59 Å². The lowest BCUT2D eigenvalue weighted by Gasteiger charge is -2.33. The topological polar surface area (TPSA) is 167 Å². The summed E-state index contributed by atoms with van der Waals surface area (Å²) in [5.74, 6) is 0.335. The number of carbonyl (C=O) groups is 4. The molecule has 0 N–H and O–H groups in total. The van der Waals surface area contributed by atoms with Crippen molar-refractivity contribution >= 4 is 56.4 Å². The number of thiazole rings is 1. The number of aromatic nitrogens is 1. The number of fused-ring (bicyclic) bond motifs is 2. The van der Waals surface area contributed by atoms with Crippen LogP contribution in [0.1, 0.15) is 118 Å². The van der Waals surface area contributed by atoms with E-state index in [1.807, 2.05) is 39.8 Å². The minimum Gasteiger partial charge on any atom is -0.494 e. The van der Waals surface area contributed by atoms with Gasteiger partial charge in [-0.1, -0.05) is 42.8 Å². The summed E-state index contributed by atoms with van der Waals surface area (Å²) in [6.07, 6.45) is 7.33. The number of carbonyl (C=O) groups excluding carboxylic acids is 4. The van der Waals surface area contributed by atoms with E-state index in [1.165, 1.54) is 23.3 Å². The van der Waals surface area contributed by atoms with Crippen LogP contribution in [0.5, 0.6) is 23.0 Å². The first-order chi connectivity index (χ1) is 38.1. The second kappa shape index (κ2) is 27.0. The van der Waals surface area contributed by atoms with Crippen LogP contribution in [0, 0.1) is 17.8 Å². The number of nitrogens with zero attached hydrogens (tertiary/aromatic N) is 1. The molecular weight excluding hydrogens is 1020 g/mol. The number of aryl methyl sites for hydroxylation is 1. The van der Waals surface area contributed by atoms with Crippen LogP contribution in [0.2, 0.25) is 0 Å². The number of esters is 4. The summed E-state index contributed by atoms with van der Waals surface area (Å²) in [5.41, 5.74) is 4.32. The molecule has 0 radical (unpaired) electrons. The third-order valence-electron chi connectivity index (χ3n) is 13.8. The molecule has 410 valence electrons. The first-order valence-corrected chi connectivity index (χ1v) is 27.8. The zero-order valence-electron chi connectivity index (χ0n) is 45.5. The van der Waals surface area contributed by atoms with E-state index in [-0.39, 0.29) is 17.7 Å². The summed E-state index contributed by atoms with van der Waals surface area (Å²) >= 11 is 1.63. The van der Waals surface area contributed by atoms with E-state index >= 15 is 0 Å². The predicted molar refractivity (Wildman–Crippen MR) is 307 cm³/mol. The Morgan fingerprint density at radius 3 is 1.63 bits per heavy atom. The molecule has 0 fully saturated rings. The lowest BCUT2D eigenvalue weighted by atomic mass is 9.72. The molecular formula is C65H67NO12S. The maximum Gasteiger partial charge on any atom is 0.343 e. The molecule has 14 heteroatoms. The predicted octanol–water partition coefficient (Wildman–Crippen LogP) is 15.0. The fraction of sp³-hybridized carbons (Fsp3) is 0.323. The van der Waals surface area contributed by atoms with E-state index in [0.29, 0.717) is 86.1 Å². The largest absolute Gasteiger partial charge is 0.494 e. The van der Waals surface area contributed by atoms with Crippen LogP contribution >= 0.6 is 11.3 Å². The van der Waals surface area contributed by atoms with Gasteiger partial charge in [-0.15, -0.1) is 11.3 Å². The number of hydrogen-bond acceptors (Lipinski definition) is 14. The van der Waals surface area contributed by atoms with Crippen molar-refractivity contribution in [3.05, 3.63) is 173 Å². The quantitative estimate of drug-likeness (QED) is 0.0207. The van der Waals surface area contributed by atoms with Gasteiger partial charge in [0, 0.05) is 23.1 Å². The first kappa shape index (κ1) is 57.1. The Morgan fingerprint density at radius 1 is 0.532 bits per heavy atom. The van der Waals surface area contributed by atoms with Gasteiger partial charge in [0.25, 0.3) is 0 Å². The molecule has 2 aromatic heterocycles. The highest BCUT2D eigenvalue weighted by Gasteiger charge is 2.43. The van der Waals surface area contributed by atoms with E-state index in [4.69, 9.17) is 37.8 Å². The monoisotopic (exact) mass is 1090 g/mol. The van der Waals surface area contributed by atoms with Gasteiger partial charge in [0.2, 0.25) is 0 Å². The van der Waals surface area contributed by atoms with Crippen molar-refractivity contribution in [2.45, 2.75) is 98.8 Å².